The van der Waals surface area contributed by atoms with E-state index in [1.807, 2.05) is 38.1 Å². The van der Waals surface area contributed by atoms with Gasteiger partial charge in [0.15, 0.2) is 11.5 Å². The second-order valence-corrected chi connectivity index (χ2v) is 6.96. The van der Waals surface area contributed by atoms with Gasteiger partial charge >= 0.3 is 0 Å². The molecule has 0 saturated carbocycles. The fourth-order valence-electron chi connectivity index (χ4n) is 1.76. The maximum Gasteiger partial charge on any atom is 0.234 e. The van der Waals surface area contributed by atoms with E-state index in [4.69, 9.17) is 4.74 Å². The Bertz CT molecular complexity index is 580. The number of hydrogen-bond acceptors (Lipinski definition) is 2. The van der Waals surface area contributed by atoms with Crippen molar-refractivity contribution in [2.75, 3.05) is 0 Å². The lowest BCUT2D eigenvalue weighted by atomic mass is 10.0. The van der Waals surface area contributed by atoms with Crippen molar-refractivity contribution in [3.05, 3.63) is 49.0 Å². The summed E-state index contributed by atoms with van der Waals surface area (Å²) in [6.45, 7) is 3.99. The largest absolute Gasteiger partial charge is 0.451 e. The number of carbonyl (C=O) groups is 1. The molecule has 0 spiro atoms. The molecule has 0 amide bonds. The molecule has 5 heteroatoms. The summed E-state index contributed by atoms with van der Waals surface area (Å²) in [5.74, 6) is 0.967. The lowest BCUT2D eigenvalue weighted by Gasteiger charge is -2.17. The van der Waals surface area contributed by atoms with Crippen LogP contribution in [0.15, 0.2) is 43.5 Å². The fourth-order valence-corrected chi connectivity index (χ4v) is 3.95. The number of aryl methyl sites for hydroxylation is 1. The van der Waals surface area contributed by atoms with Crippen molar-refractivity contribution < 1.29 is 9.53 Å². The van der Waals surface area contributed by atoms with Gasteiger partial charge in [0.1, 0.15) is 0 Å². The molecule has 100 valence electrons. The van der Waals surface area contributed by atoms with Crippen molar-refractivity contribution in [2.45, 2.75) is 13.8 Å². The van der Waals surface area contributed by atoms with E-state index in [1.165, 1.54) is 0 Å². The molecule has 1 atom stereocenters. The topological polar surface area (TPSA) is 26.3 Å². The molecule has 2 rings (SSSR count). The quantitative estimate of drug-likeness (QED) is 0.612. The zero-order chi connectivity index (χ0) is 14.2. The Morgan fingerprint density at radius 3 is 2.26 bits per heavy atom. The van der Waals surface area contributed by atoms with Crippen molar-refractivity contribution in [3.63, 3.8) is 0 Å². The Hall–Kier alpha value is -0.390. The van der Waals surface area contributed by atoms with Crippen molar-refractivity contribution >= 4 is 53.6 Å². The molecule has 0 heterocycles. The van der Waals surface area contributed by atoms with Crippen LogP contribution < -0.4 is 4.74 Å². The average Bonchev–Trinajstić information content (AvgIpc) is 2.29. The minimum Gasteiger partial charge on any atom is -0.451 e. The third kappa shape index (κ3) is 3.38. The monoisotopic (exact) mass is 448 g/mol. The van der Waals surface area contributed by atoms with Gasteiger partial charge in [-0.1, -0.05) is 13.0 Å². The Kier molecular flexibility index (Phi) is 4.69. The summed E-state index contributed by atoms with van der Waals surface area (Å²) < 4.78 is 7.93. The van der Waals surface area contributed by atoms with E-state index in [1.54, 1.807) is 0 Å². The molecule has 0 radical (unpaired) electrons. The number of hydrogen-bond donors (Lipinski definition) is 0. The van der Waals surface area contributed by atoms with Gasteiger partial charge in [-0.15, -0.1) is 0 Å². The van der Waals surface area contributed by atoms with Crippen LogP contribution >= 0.6 is 47.8 Å². The van der Waals surface area contributed by atoms with Gasteiger partial charge in [-0.25, -0.2) is 0 Å². The van der Waals surface area contributed by atoms with E-state index in [0.29, 0.717) is 16.0 Å². The number of rotatable bonds is 2. The van der Waals surface area contributed by atoms with Crippen molar-refractivity contribution in [2.24, 2.45) is 5.92 Å². The molecular weight excluding hydrogens is 440 g/mol. The van der Waals surface area contributed by atoms with Crippen LogP contribution in [0.25, 0.3) is 0 Å². The molecule has 0 aliphatic heterocycles. The lowest BCUT2D eigenvalue weighted by molar-refractivity contribution is -0.113. The number of Topliss-reactive ketones (excluding diaryl/α,β-unsaturated/α-hetero) is 1. The van der Waals surface area contributed by atoms with Crippen LogP contribution in [0, 0.1) is 12.8 Å². The van der Waals surface area contributed by atoms with Crippen LogP contribution in [-0.2, 0) is 4.79 Å². The lowest BCUT2D eigenvalue weighted by Crippen LogP contribution is -2.15. The highest BCUT2D eigenvalue weighted by Gasteiger charge is 2.23. The molecule has 0 unspecified atom stereocenters. The second kappa shape index (κ2) is 5.94. The summed E-state index contributed by atoms with van der Waals surface area (Å²) >= 11 is 10.2. The first-order valence-corrected chi connectivity index (χ1v) is 8.03. The maximum atomic E-state index is 12.0. The van der Waals surface area contributed by atoms with E-state index >= 15 is 0 Å². The third-order valence-corrected chi connectivity index (χ3v) is 4.42. The van der Waals surface area contributed by atoms with Gasteiger partial charge in [0.25, 0.3) is 0 Å². The van der Waals surface area contributed by atoms with Gasteiger partial charge in [-0.05, 0) is 84.4 Å². The van der Waals surface area contributed by atoms with Crippen LogP contribution in [0.3, 0.4) is 0 Å². The van der Waals surface area contributed by atoms with Gasteiger partial charge in [-0.3, -0.25) is 4.79 Å². The molecule has 0 saturated heterocycles. The van der Waals surface area contributed by atoms with E-state index in [-0.39, 0.29) is 11.7 Å². The molecule has 2 nitrogen and oxygen atoms in total. The number of carbonyl (C=O) groups excluding carboxylic acids is 1. The first-order valence-electron chi connectivity index (χ1n) is 5.66. The number of allylic oxidation sites excluding steroid dienone is 3. The predicted octanol–water partition coefficient (Wildman–Crippen LogP) is 5.28. The van der Waals surface area contributed by atoms with Gasteiger partial charge in [-0.2, -0.15) is 0 Å². The molecule has 0 aromatic heterocycles. The van der Waals surface area contributed by atoms with E-state index in [2.05, 4.69) is 47.8 Å². The minimum atomic E-state index is -0.141. The zero-order valence-electron chi connectivity index (χ0n) is 10.3. The van der Waals surface area contributed by atoms with Gasteiger partial charge in [0, 0.05) is 0 Å². The summed E-state index contributed by atoms with van der Waals surface area (Å²) in [5.41, 5.74) is 1.10. The maximum absolute atomic E-state index is 12.0. The number of benzene rings is 1. The molecule has 1 aliphatic carbocycles. The first-order chi connectivity index (χ1) is 8.88. The van der Waals surface area contributed by atoms with E-state index in [9.17, 15) is 4.79 Å². The van der Waals surface area contributed by atoms with Gasteiger partial charge in [0.2, 0.25) is 5.78 Å². The summed E-state index contributed by atoms with van der Waals surface area (Å²) in [7, 11) is 0. The number of ether oxygens (including phenoxy) is 1. The number of halogens is 3. The molecule has 1 aliphatic rings. The molecule has 0 bridgehead atoms. The molecule has 19 heavy (non-hydrogen) atoms. The van der Waals surface area contributed by atoms with Crippen molar-refractivity contribution in [1.29, 1.82) is 0 Å². The summed E-state index contributed by atoms with van der Waals surface area (Å²) in [4.78, 5) is 12.0. The summed E-state index contributed by atoms with van der Waals surface area (Å²) in [5, 5.41) is 0. The van der Waals surface area contributed by atoms with Crippen LogP contribution in [0.4, 0.5) is 0 Å². The third-order valence-electron chi connectivity index (χ3n) is 2.62. The highest BCUT2D eigenvalue weighted by molar-refractivity contribution is 9.12. The summed E-state index contributed by atoms with van der Waals surface area (Å²) in [6.07, 6.45) is 3.67. The molecule has 1 aromatic carbocycles. The Morgan fingerprint density at radius 2 is 1.68 bits per heavy atom. The zero-order valence-corrected chi connectivity index (χ0v) is 15.1. The smallest absolute Gasteiger partial charge is 0.234 e. The van der Waals surface area contributed by atoms with Crippen molar-refractivity contribution in [1.82, 2.24) is 0 Å². The molecule has 0 N–H and O–H groups in total. The predicted molar refractivity (Wildman–Crippen MR) is 86.5 cm³/mol. The van der Waals surface area contributed by atoms with E-state index in [0.717, 1.165) is 14.5 Å². The Balaban J connectivity index is 2.35. The minimum absolute atomic E-state index is 0.141. The molecular formula is C14H11Br3O2. The van der Waals surface area contributed by atoms with Crippen LogP contribution in [-0.4, -0.2) is 5.78 Å². The molecule has 0 fully saturated rings. The standard InChI is InChI=1S/C14H11Br3O2/c1-7-4-10(16)14(11(17)5-7)19-12-6-8(2)3-9(15)13(12)18/h3-6,8H,1-2H3/t8-/m0/s1. The highest BCUT2D eigenvalue weighted by atomic mass is 79.9. The Morgan fingerprint density at radius 1 is 1.11 bits per heavy atom. The normalized spacial score (nSPS) is 19.0. The van der Waals surface area contributed by atoms with Crippen LogP contribution in [0.1, 0.15) is 12.5 Å². The Labute approximate surface area is 137 Å². The average molecular weight is 451 g/mol. The first kappa shape index (κ1) is 15.0. The van der Waals surface area contributed by atoms with Gasteiger partial charge < -0.3 is 4.74 Å². The second-order valence-electron chi connectivity index (χ2n) is 4.39. The summed E-state index contributed by atoms with van der Waals surface area (Å²) in [6, 6.07) is 3.89. The fraction of sp³-hybridized carbons (Fsp3) is 0.214. The van der Waals surface area contributed by atoms with E-state index < -0.39 is 0 Å². The van der Waals surface area contributed by atoms with Crippen molar-refractivity contribution in [3.8, 4) is 5.75 Å². The van der Waals surface area contributed by atoms with Crippen LogP contribution in [0.5, 0.6) is 5.75 Å². The molecule has 1 aromatic rings. The highest BCUT2D eigenvalue weighted by Crippen LogP contribution is 2.37. The SMILES string of the molecule is Cc1cc(Br)c(OC2=C[C@@H](C)C=C(Br)C2=O)c(Br)c1. The number of ketones is 1. The van der Waals surface area contributed by atoms with Crippen LogP contribution in [0.2, 0.25) is 0 Å². The van der Waals surface area contributed by atoms with Gasteiger partial charge in [0.05, 0.1) is 13.4 Å².